The summed E-state index contributed by atoms with van der Waals surface area (Å²) in [5.41, 5.74) is 2.01. The molecule has 2 aromatic rings. The number of nitrogens with one attached hydrogen (secondary N) is 2. The summed E-state index contributed by atoms with van der Waals surface area (Å²) < 4.78 is 12.7. The first-order chi connectivity index (χ1) is 20.1. The minimum Gasteiger partial charge on any atom is -0.490 e. The zero-order chi connectivity index (χ0) is 30.6. The van der Waals surface area contributed by atoms with Gasteiger partial charge in [-0.3, -0.25) is 14.7 Å². The lowest BCUT2D eigenvalue weighted by Gasteiger charge is -2.36. The van der Waals surface area contributed by atoms with Gasteiger partial charge in [0.2, 0.25) is 0 Å². The highest BCUT2D eigenvalue weighted by Gasteiger charge is 2.30. The molecule has 1 aliphatic rings. The molecule has 0 fully saturated rings. The maximum Gasteiger partial charge on any atom is 0.319 e. The number of aliphatic hydroxyl groups excluding tert-OH is 1. The van der Waals surface area contributed by atoms with Crippen LogP contribution in [-0.2, 0) is 11.3 Å². The molecular formula is C32H49N5O5. The van der Waals surface area contributed by atoms with Crippen molar-refractivity contribution in [2.45, 2.75) is 84.7 Å². The Kier molecular flexibility index (Phi) is 13.0. The summed E-state index contributed by atoms with van der Waals surface area (Å²) in [5.74, 6) is 0.179. The second-order valence-electron chi connectivity index (χ2n) is 11.8. The minimum absolute atomic E-state index is 0.0211. The number of likely N-dealkylation sites (N-methyl/N-ethyl adjacent to an activating group) is 1. The van der Waals surface area contributed by atoms with E-state index < -0.39 is 6.04 Å². The van der Waals surface area contributed by atoms with Crippen LogP contribution in [0.3, 0.4) is 0 Å². The molecule has 3 amide bonds. The molecule has 0 radical (unpaired) electrons. The molecule has 4 atom stereocenters. The molecule has 0 saturated heterocycles. The molecule has 0 saturated carbocycles. The Morgan fingerprint density at radius 1 is 1.17 bits per heavy atom. The van der Waals surface area contributed by atoms with Crippen LogP contribution in [0.25, 0.3) is 0 Å². The highest BCUT2D eigenvalue weighted by Crippen LogP contribution is 2.28. The number of aromatic nitrogens is 1. The highest BCUT2D eigenvalue weighted by atomic mass is 16.5. The molecule has 10 heteroatoms. The topological polar surface area (TPSA) is 116 Å². The van der Waals surface area contributed by atoms with Gasteiger partial charge in [-0.15, -0.1) is 0 Å². The number of hydrogen-bond donors (Lipinski definition) is 3. The van der Waals surface area contributed by atoms with E-state index in [-0.39, 0.29) is 42.7 Å². The molecule has 0 spiro atoms. The fourth-order valence-corrected chi connectivity index (χ4v) is 5.06. The van der Waals surface area contributed by atoms with Gasteiger partial charge in [-0.05, 0) is 89.9 Å². The van der Waals surface area contributed by atoms with Crippen LogP contribution >= 0.6 is 0 Å². The average molecular weight is 584 g/mol. The SMILES string of the molecule is CC(C)NC(=O)Nc1ccc2c(c1)C(=O)N([C@@H](C)CO)C[C@@H](C)[C@@H](CN(C)Cc1ccncc1)OCCCC[C@H](C)O2. The van der Waals surface area contributed by atoms with E-state index >= 15 is 0 Å². The van der Waals surface area contributed by atoms with E-state index in [0.29, 0.717) is 36.7 Å². The minimum atomic E-state index is -0.436. The van der Waals surface area contributed by atoms with Crippen molar-refractivity contribution in [1.29, 1.82) is 0 Å². The lowest BCUT2D eigenvalue weighted by molar-refractivity contribution is -0.0177. The standard InChI is InChI=1S/C32H49N5O5/c1-22(2)34-32(40)35-27-10-11-29-28(17-27)31(39)37(24(4)21-38)18-23(3)30(41-16-8-7-9-25(5)42-29)20-36(6)19-26-12-14-33-15-13-26/h10-15,17,22-25,30,38H,7-9,16,18-21H2,1-6H3,(H2,34,35,40)/t23-,24+,25+,30-/m1/s1. The Morgan fingerprint density at radius 2 is 1.90 bits per heavy atom. The smallest absolute Gasteiger partial charge is 0.319 e. The number of carbonyl (C=O) groups is 2. The molecular weight excluding hydrogens is 534 g/mol. The monoisotopic (exact) mass is 583 g/mol. The van der Waals surface area contributed by atoms with Crippen LogP contribution in [0, 0.1) is 5.92 Å². The average Bonchev–Trinajstić information content (AvgIpc) is 2.94. The van der Waals surface area contributed by atoms with Gasteiger partial charge in [-0.2, -0.15) is 0 Å². The molecule has 1 aromatic carbocycles. The second kappa shape index (κ2) is 16.4. The van der Waals surface area contributed by atoms with Gasteiger partial charge in [-0.1, -0.05) is 6.92 Å². The van der Waals surface area contributed by atoms with Crippen LogP contribution in [0.4, 0.5) is 10.5 Å². The maximum absolute atomic E-state index is 14.2. The van der Waals surface area contributed by atoms with Crippen molar-refractivity contribution >= 4 is 17.6 Å². The molecule has 0 bridgehead atoms. The molecule has 1 aromatic heterocycles. The van der Waals surface area contributed by atoms with Crippen LogP contribution in [0.15, 0.2) is 42.7 Å². The summed E-state index contributed by atoms with van der Waals surface area (Å²) in [6.07, 6.45) is 6.00. The Hall–Kier alpha value is -3.21. The zero-order valence-electron chi connectivity index (χ0n) is 26.0. The van der Waals surface area contributed by atoms with E-state index in [1.807, 2.05) is 39.8 Å². The molecule has 42 heavy (non-hydrogen) atoms. The molecule has 232 valence electrons. The summed E-state index contributed by atoms with van der Waals surface area (Å²) in [4.78, 5) is 34.6. The van der Waals surface area contributed by atoms with E-state index in [2.05, 4.69) is 34.5 Å². The highest BCUT2D eigenvalue weighted by molar-refractivity contribution is 5.99. The molecule has 2 heterocycles. The number of urea groups is 1. The third-order valence-corrected chi connectivity index (χ3v) is 7.42. The Balaban J connectivity index is 1.90. The van der Waals surface area contributed by atoms with Gasteiger partial charge in [0, 0.05) is 56.3 Å². The van der Waals surface area contributed by atoms with Gasteiger partial charge >= 0.3 is 6.03 Å². The Bertz CT molecular complexity index is 1130. The van der Waals surface area contributed by atoms with Gasteiger partial charge in [0.05, 0.1) is 30.4 Å². The van der Waals surface area contributed by atoms with Crippen LogP contribution in [0.5, 0.6) is 5.75 Å². The van der Waals surface area contributed by atoms with Gasteiger partial charge in [-0.25, -0.2) is 4.79 Å². The predicted octanol–water partition coefficient (Wildman–Crippen LogP) is 4.54. The predicted molar refractivity (Wildman–Crippen MR) is 165 cm³/mol. The summed E-state index contributed by atoms with van der Waals surface area (Å²) >= 11 is 0. The van der Waals surface area contributed by atoms with Gasteiger partial charge in [0.15, 0.2) is 0 Å². The van der Waals surface area contributed by atoms with Crippen molar-refractivity contribution in [3.8, 4) is 5.75 Å². The first-order valence-corrected chi connectivity index (χ1v) is 15.1. The molecule has 0 aliphatic carbocycles. The third-order valence-electron chi connectivity index (χ3n) is 7.42. The number of aliphatic hydroxyl groups is 1. The summed E-state index contributed by atoms with van der Waals surface area (Å²) in [5, 5.41) is 15.8. The van der Waals surface area contributed by atoms with Crippen molar-refractivity contribution in [3.05, 3.63) is 53.9 Å². The largest absolute Gasteiger partial charge is 0.490 e. The molecule has 0 unspecified atom stereocenters. The van der Waals surface area contributed by atoms with Crippen molar-refractivity contribution in [2.24, 2.45) is 5.92 Å². The number of fused-ring (bicyclic) bond motifs is 1. The van der Waals surface area contributed by atoms with E-state index in [1.54, 1.807) is 35.5 Å². The number of nitrogens with zero attached hydrogens (tertiary/aromatic N) is 3. The zero-order valence-corrected chi connectivity index (χ0v) is 26.0. The summed E-state index contributed by atoms with van der Waals surface area (Å²) in [7, 11) is 2.07. The number of anilines is 1. The second-order valence-corrected chi connectivity index (χ2v) is 11.8. The van der Waals surface area contributed by atoms with Crippen LogP contribution in [0.2, 0.25) is 0 Å². The van der Waals surface area contributed by atoms with Gasteiger partial charge < -0.3 is 30.1 Å². The Labute approximate surface area is 250 Å². The maximum atomic E-state index is 14.2. The van der Waals surface area contributed by atoms with E-state index in [9.17, 15) is 14.7 Å². The first kappa shape index (κ1) is 33.3. The molecule has 10 nitrogen and oxygen atoms in total. The van der Waals surface area contributed by atoms with Crippen molar-refractivity contribution < 1.29 is 24.2 Å². The van der Waals surface area contributed by atoms with Gasteiger partial charge in [0.1, 0.15) is 5.75 Å². The van der Waals surface area contributed by atoms with Crippen LogP contribution in [0.1, 0.15) is 69.8 Å². The number of rotatable bonds is 8. The van der Waals surface area contributed by atoms with E-state index in [4.69, 9.17) is 9.47 Å². The van der Waals surface area contributed by atoms with Crippen molar-refractivity contribution in [1.82, 2.24) is 20.1 Å². The van der Waals surface area contributed by atoms with E-state index in [0.717, 1.165) is 25.8 Å². The lowest BCUT2D eigenvalue weighted by atomic mass is 10.0. The van der Waals surface area contributed by atoms with Crippen molar-refractivity contribution in [3.63, 3.8) is 0 Å². The number of carbonyl (C=O) groups excluding carboxylic acids is 2. The Morgan fingerprint density at radius 3 is 2.60 bits per heavy atom. The summed E-state index contributed by atoms with van der Waals surface area (Å²) in [6, 6.07) is 8.34. The number of amides is 3. The molecule has 3 N–H and O–H groups in total. The first-order valence-electron chi connectivity index (χ1n) is 15.1. The lowest BCUT2D eigenvalue weighted by Crippen LogP contribution is -2.47. The normalized spacial score (nSPS) is 21.3. The number of hydrogen-bond acceptors (Lipinski definition) is 7. The summed E-state index contributed by atoms with van der Waals surface area (Å²) in [6.45, 7) is 11.9. The van der Waals surface area contributed by atoms with E-state index in [1.165, 1.54) is 5.56 Å². The molecule has 3 rings (SSSR count). The fourth-order valence-electron chi connectivity index (χ4n) is 5.06. The quantitative estimate of drug-likeness (QED) is 0.418. The number of ether oxygens (including phenoxy) is 2. The molecule has 1 aliphatic heterocycles. The van der Waals surface area contributed by atoms with Crippen LogP contribution < -0.4 is 15.4 Å². The van der Waals surface area contributed by atoms with Crippen molar-refractivity contribution in [2.75, 3.05) is 38.7 Å². The number of benzene rings is 1. The third kappa shape index (κ3) is 10.3. The fraction of sp³-hybridized carbons (Fsp3) is 0.594. The number of pyridine rings is 1. The van der Waals surface area contributed by atoms with Gasteiger partial charge in [0.25, 0.3) is 5.91 Å². The van der Waals surface area contributed by atoms with Crippen LogP contribution in [-0.4, -0.2) is 89.5 Å².